The second kappa shape index (κ2) is 6.78. The van der Waals surface area contributed by atoms with Crippen molar-refractivity contribution in [1.29, 1.82) is 0 Å². The number of fused-ring (bicyclic) bond motifs is 1. The Balaban J connectivity index is 1.67. The first-order chi connectivity index (χ1) is 12.2. The summed E-state index contributed by atoms with van der Waals surface area (Å²) in [6, 6.07) is 8.28. The van der Waals surface area contributed by atoms with Crippen LogP contribution in [0, 0.1) is 10.1 Å². The van der Waals surface area contributed by atoms with Crippen LogP contribution in [-0.2, 0) is 4.74 Å². The Morgan fingerprint density at radius 1 is 1.35 bits per heavy atom. The molecule has 26 heavy (non-hydrogen) atoms. The maximum Gasteiger partial charge on any atom is 0.407 e. The Labute approximate surface area is 151 Å². The van der Waals surface area contributed by atoms with Crippen LogP contribution in [-0.4, -0.2) is 40.7 Å². The highest BCUT2D eigenvalue weighted by Gasteiger charge is 2.27. The standard InChI is InChI=1S/C18H22N4O4/c1-18(2,3)20-17(23)26-14-8-9-21(11-14)16-7-4-12-10-13(22(24)25)5-6-15(12)19-16/h4-7,10,14H,8-9,11H2,1-3H3,(H,20,23). The summed E-state index contributed by atoms with van der Waals surface area (Å²) >= 11 is 0. The number of carbonyl (C=O) groups excluding carboxylic acids is 1. The first-order valence-corrected chi connectivity index (χ1v) is 8.50. The topological polar surface area (TPSA) is 97.6 Å². The number of anilines is 1. The summed E-state index contributed by atoms with van der Waals surface area (Å²) < 4.78 is 5.47. The molecule has 1 saturated heterocycles. The Hall–Kier alpha value is -2.90. The minimum absolute atomic E-state index is 0.0477. The second-order valence-electron chi connectivity index (χ2n) is 7.44. The maximum atomic E-state index is 11.9. The fourth-order valence-corrected chi connectivity index (χ4v) is 2.91. The molecule has 1 aromatic carbocycles. The number of nitrogens with one attached hydrogen (secondary N) is 1. The highest BCUT2D eigenvalue weighted by atomic mass is 16.6. The summed E-state index contributed by atoms with van der Waals surface area (Å²) in [6.45, 7) is 7.01. The van der Waals surface area contributed by atoms with Gasteiger partial charge in [0.15, 0.2) is 0 Å². The molecule has 2 heterocycles. The second-order valence-corrected chi connectivity index (χ2v) is 7.44. The number of ether oxygens (including phenoxy) is 1. The van der Waals surface area contributed by atoms with Crippen molar-refractivity contribution in [2.45, 2.75) is 38.8 Å². The number of non-ortho nitro benzene ring substituents is 1. The zero-order valence-electron chi connectivity index (χ0n) is 15.1. The van der Waals surface area contributed by atoms with Crippen molar-refractivity contribution in [3.63, 3.8) is 0 Å². The Kier molecular flexibility index (Phi) is 4.67. The van der Waals surface area contributed by atoms with E-state index in [1.54, 1.807) is 6.07 Å². The molecule has 2 aromatic rings. The minimum atomic E-state index is -0.418. The van der Waals surface area contributed by atoms with Gasteiger partial charge < -0.3 is 15.0 Å². The van der Waals surface area contributed by atoms with E-state index < -0.39 is 11.0 Å². The summed E-state index contributed by atoms with van der Waals surface area (Å²) in [5, 5.41) is 14.4. The zero-order valence-corrected chi connectivity index (χ0v) is 15.1. The lowest BCUT2D eigenvalue weighted by Crippen LogP contribution is -2.42. The Morgan fingerprint density at radius 2 is 2.12 bits per heavy atom. The third kappa shape index (κ3) is 4.19. The zero-order chi connectivity index (χ0) is 18.9. The van der Waals surface area contributed by atoms with Crippen LogP contribution in [0.15, 0.2) is 30.3 Å². The number of benzene rings is 1. The van der Waals surface area contributed by atoms with Gasteiger partial charge in [-0.25, -0.2) is 9.78 Å². The molecule has 138 valence electrons. The van der Waals surface area contributed by atoms with Gasteiger partial charge in [0.1, 0.15) is 11.9 Å². The van der Waals surface area contributed by atoms with Gasteiger partial charge in [-0.2, -0.15) is 0 Å². The highest BCUT2D eigenvalue weighted by Crippen LogP contribution is 2.25. The van der Waals surface area contributed by atoms with Crippen molar-refractivity contribution in [1.82, 2.24) is 10.3 Å². The van der Waals surface area contributed by atoms with Crippen molar-refractivity contribution in [2.75, 3.05) is 18.0 Å². The quantitative estimate of drug-likeness (QED) is 0.668. The van der Waals surface area contributed by atoms with E-state index in [2.05, 4.69) is 15.2 Å². The van der Waals surface area contributed by atoms with Gasteiger partial charge in [-0.3, -0.25) is 10.1 Å². The lowest BCUT2D eigenvalue weighted by Gasteiger charge is -2.22. The van der Waals surface area contributed by atoms with E-state index in [0.717, 1.165) is 24.2 Å². The third-order valence-corrected chi connectivity index (χ3v) is 4.09. The first kappa shape index (κ1) is 17.9. The van der Waals surface area contributed by atoms with Gasteiger partial charge in [0.2, 0.25) is 0 Å². The average Bonchev–Trinajstić information content (AvgIpc) is 3.00. The number of hydrogen-bond acceptors (Lipinski definition) is 6. The smallest absolute Gasteiger partial charge is 0.407 e. The van der Waals surface area contributed by atoms with Gasteiger partial charge in [-0.15, -0.1) is 0 Å². The van der Waals surface area contributed by atoms with Crippen LogP contribution in [0.2, 0.25) is 0 Å². The SMILES string of the molecule is CC(C)(C)NC(=O)OC1CCN(c2ccc3cc([N+](=O)[O-])ccc3n2)C1. The summed E-state index contributed by atoms with van der Waals surface area (Å²) in [5.41, 5.74) is 0.409. The molecule has 1 aliphatic heterocycles. The number of nitro benzene ring substituents is 1. The number of alkyl carbamates (subject to hydrolysis) is 1. The molecule has 1 aromatic heterocycles. The molecule has 1 fully saturated rings. The maximum absolute atomic E-state index is 11.9. The van der Waals surface area contributed by atoms with Crippen LogP contribution in [0.3, 0.4) is 0 Å². The molecule has 1 amide bonds. The number of carbonyl (C=O) groups is 1. The number of nitrogens with zero attached hydrogens (tertiary/aromatic N) is 3. The lowest BCUT2D eigenvalue weighted by molar-refractivity contribution is -0.384. The van der Waals surface area contributed by atoms with Crippen LogP contribution in [0.25, 0.3) is 10.9 Å². The lowest BCUT2D eigenvalue weighted by atomic mass is 10.1. The summed E-state index contributed by atoms with van der Waals surface area (Å²) in [5.74, 6) is 0.772. The molecular weight excluding hydrogens is 336 g/mol. The molecule has 0 bridgehead atoms. The number of aromatic nitrogens is 1. The fraction of sp³-hybridized carbons (Fsp3) is 0.444. The predicted molar refractivity (Wildman–Crippen MR) is 98.4 cm³/mol. The van der Waals surface area contributed by atoms with E-state index in [1.165, 1.54) is 12.1 Å². The molecule has 3 rings (SSSR count). The van der Waals surface area contributed by atoms with Crippen molar-refractivity contribution in [2.24, 2.45) is 0 Å². The molecule has 1 N–H and O–H groups in total. The molecule has 8 nitrogen and oxygen atoms in total. The molecule has 1 aliphatic rings. The van der Waals surface area contributed by atoms with E-state index in [-0.39, 0.29) is 17.3 Å². The molecule has 0 aliphatic carbocycles. The number of hydrogen-bond donors (Lipinski definition) is 1. The van der Waals surface area contributed by atoms with Crippen molar-refractivity contribution < 1.29 is 14.5 Å². The van der Waals surface area contributed by atoms with E-state index in [0.29, 0.717) is 12.1 Å². The van der Waals surface area contributed by atoms with E-state index >= 15 is 0 Å². The largest absolute Gasteiger partial charge is 0.444 e. The van der Waals surface area contributed by atoms with Crippen LogP contribution in [0.5, 0.6) is 0 Å². The van der Waals surface area contributed by atoms with Crippen LogP contribution >= 0.6 is 0 Å². The van der Waals surface area contributed by atoms with E-state index in [4.69, 9.17) is 4.74 Å². The number of pyridine rings is 1. The van der Waals surface area contributed by atoms with Crippen LogP contribution in [0.4, 0.5) is 16.3 Å². The average molecular weight is 358 g/mol. The molecule has 0 radical (unpaired) electrons. The van der Waals surface area contributed by atoms with Crippen molar-refractivity contribution >= 4 is 28.5 Å². The van der Waals surface area contributed by atoms with Gasteiger partial charge in [0, 0.05) is 36.0 Å². The van der Waals surface area contributed by atoms with Gasteiger partial charge in [-0.05, 0) is 39.0 Å². The Morgan fingerprint density at radius 3 is 2.81 bits per heavy atom. The third-order valence-electron chi connectivity index (χ3n) is 4.09. The summed E-state index contributed by atoms with van der Waals surface area (Å²) in [7, 11) is 0. The first-order valence-electron chi connectivity index (χ1n) is 8.50. The van der Waals surface area contributed by atoms with Crippen molar-refractivity contribution in [3.8, 4) is 0 Å². The van der Waals surface area contributed by atoms with Crippen LogP contribution in [0.1, 0.15) is 27.2 Å². The molecule has 1 unspecified atom stereocenters. The highest BCUT2D eigenvalue weighted by molar-refractivity contribution is 5.82. The normalized spacial score (nSPS) is 17.3. The number of rotatable bonds is 3. The van der Waals surface area contributed by atoms with Gasteiger partial charge in [0.05, 0.1) is 17.0 Å². The monoisotopic (exact) mass is 358 g/mol. The molecule has 0 saturated carbocycles. The van der Waals surface area contributed by atoms with Crippen LogP contribution < -0.4 is 10.2 Å². The number of nitro groups is 1. The molecule has 0 spiro atoms. The van der Waals surface area contributed by atoms with Gasteiger partial charge in [-0.1, -0.05) is 0 Å². The minimum Gasteiger partial charge on any atom is -0.444 e. The Bertz CT molecular complexity index is 847. The van der Waals surface area contributed by atoms with Gasteiger partial charge in [0.25, 0.3) is 5.69 Å². The number of amides is 1. The van der Waals surface area contributed by atoms with E-state index in [1.807, 2.05) is 32.9 Å². The molecule has 8 heteroatoms. The fourth-order valence-electron chi connectivity index (χ4n) is 2.91. The molecular formula is C18H22N4O4. The molecule has 1 atom stereocenters. The summed E-state index contributed by atoms with van der Waals surface area (Å²) in [4.78, 5) is 29.0. The van der Waals surface area contributed by atoms with Gasteiger partial charge >= 0.3 is 6.09 Å². The summed E-state index contributed by atoms with van der Waals surface area (Å²) in [6.07, 6.45) is 0.132. The predicted octanol–water partition coefficient (Wildman–Crippen LogP) is 3.25. The van der Waals surface area contributed by atoms with E-state index in [9.17, 15) is 14.9 Å². The van der Waals surface area contributed by atoms with Crippen molar-refractivity contribution in [3.05, 3.63) is 40.4 Å².